The van der Waals surface area contributed by atoms with Crippen molar-refractivity contribution >= 4 is 11.7 Å². The normalized spacial score (nSPS) is 9.93. The highest BCUT2D eigenvalue weighted by Gasteiger charge is 2.07. The first-order valence-corrected chi connectivity index (χ1v) is 4.85. The Labute approximate surface area is 88.3 Å². The fraction of sp³-hybridized carbons (Fsp3) is 0.400. The summed E-state index contributed by atoms with van der Waals surface area (Å²) in [6, 6.07) is 3.29. The first-order chi connectivity index (χ1) is 7.25. The lowest BCUT2D eigenvalue weighted by Gasteiger charge is -2.07. The van der Waals surface area contributed by atoms with Crippen molar-refractivity contribution in [2.24, 2.45) is 5.73 Å². The number of carbonyl (C=O) groups is 1. The van der Waals surface area contributed by atoms with Crippen molar-refractivity contribution in [2.75, 3.05) is 18.5 Å². The maximum Gasteiger partial charge on any atom is 0.252 e. The molecule has 0 aliphatic heterocycles. The van der Waals surface area contributed by atoms with E-state index >= 15 is 0 Å². The number of aromatic nitrogens is 1. The van der Waals surface area contributed by atoms with Crippen LogP contribution in [0.2, 0.25) is 0 Å². The molecule has 0 aliphatic rings. The number of pyridine rings is 1. The SMILES string of the molecule is NC(=O)c1cccnc1NCCCCO. The Bertz CT molecular complexity index is 328. The van der Waals surface area contributed by atoms with Crippen molar-refractivity contribution in [3.05, 3.63) is 23.9 Å². The van der Waals surface area contributed by atoms with E-state index in [-0.39, 0.29) is 6.61 Å². The molecule has 1 aromatic rings. The largest absolute Gasteiger partial charge is 0.396 e. The number of nitrogens with zero attached hydrogens (tertiary/aromatic N) is 1. The minimum Gasteiger partial charge on any atom is -0.396 e. The zero-order valence-corrected chi connectivity index (χ0v) is 8.44. The van der Waals surface area contributed by atoms with E-state index in [1.54, 1.807) is 18.3 Å². The molecule has 1 rings (SSSR count). The molecule has 5 heteroatoms. The minimum atomic E-state index is -0.493. The number of rotatable bonds is 6. The predicted molar refractivity (Wildman–Crippen MR) is 57.6 cm³/mol. The third-order valence-electron chi connectivity index (χ3n) is 1.95. The van der Waals surface area contributed by atoms with E-state index in [9.17, 15) is 4.79 Å². The van der Waals surface area contributed by atoms with Gasteiger partial charge in [0.15, 0.2) is 0 Å². The molecule has 15 heavy (non-hydrogen) atoms. The summed E-state index contributed by atoms with van der Waals surface area (Å²) < 4.78 is 0. The van der Waals surface area contributed by atoms with Gasteiger partial charge in [0, 0.05) is 19.3 Å². The standard InChI is InChI=1S/C10H15N3O2/c11-9(15)8-4-3-6-13-10(8)12-5-1-2-7-14/h3-4,6,14H,1-2,5,7H2,(H2,11,15)(H,12,13). The van der Waals surface area contributed by atoms with Gasteiger partial charge in [0.25, 0.3) is 5.91 Å². The lowest BCUT2D eigenvalue weighted by atomic mass is 10.2. The van der Waals surface area contributed by atoms with Gasteiger partial charge in [-0.1, -0.05) is 0 Å². The highest BCUT2D eigenvalue weighted by atomic mass is 16.2. The van der Waals surface area contributed by atoms with Gasteiger partial charge in [0.1, 0.15) is 5.82 Å². The van der Waals surface area contributed by atoms with E-state index in [1.165, 1.54) is 0 Å². The van der Waals surface area contributed by atoms with Gasteiger partial charge in [0.05, 0.1) is 5.56 Å². The average molecular weight is 209 g/mol. The highest BCUT2D eigenvalue weighted by Crippen LogP contribution is 2.10. The Morgan fingerprint density at radius 3 is 3.00 bits per heavy atom. The smallest absolute Gasteiger partial charge is 0.252 e. The number of amides is 1. The summed E-state index contributed by atoms with van der Waals surface area (Å²) >= 11 is 0. The molecule has 0 bridgehead atoms. The van der Waals surface area contributed by atoms with Gasteiger partial charge in [-0.25, -0.2) is 4.98 Å². The Morgan fingerprint density at radius 2 is 2.33 bits per heavy atom. The topological polar surface area (TPSA) is 88.2 Å². The van der Waals surface area contributed by atoms with Crippen LogP contribution in [0.25, 0.3) is 0 Å². The number of nitrogens with one attached hydrogen (secondary N) is 1. The van der Waals surface area contributed by atoms with Gasteiger partial charge in [-0.3, -0.25) is 4.79 Å². The molecule has 0 radical (unpaired) electrons. The Balaban J connectivity index is 2.56. The van der Waals surface area contributed by atoms with Crippen LogP contribution in [-0.4, -0.2) is 29.1 Å². The predicted octanol–water partition coefficient (Wildman–Crippen LogP) is 0.365. The van der Waals surface area contributed by atoms with Crippen molar-refractivity contribution in [1.82, 2.24) is 4.98 Å². The van der Waals surface area contributed by atoms with Gasteiger partial charge < -0.3 is 16.2 Å². The van der Waals surface area contributed by atoms with Crippen LogP contribution >= 0.6 is 0 Å². The molecule has 82 valence electrons. The molecule has 0 fully saturated rings. The molecular weight excluding hydrogens is 194 g/mol. The van der Waals surface area contributed by atoms with Crippen LogP contribution < -0.4 is 11.1 Å². The summed E-state index contributed by atoms with van der Waals surface area (Å²) in [5.74, 6) is 0.00991. The summed E-state index contributed by atoms with van der Waals surface area (Å²) in [4.78, 5) is 15.0. The molecule has 4 N–H and O–H groups in total. The van der Waals surface area contributed by atoms with Crippen LogP contribution in [-0.2, 0) is 0 Å². The van der Waals surface area contributed by atoms with Crippen molar-refractivity contribution < 1.29 is 9.90 Å². The highest BCUT2D eigenvalue weighted by molar-refractivity contribution is 5.97. The fourth-order valence-corrected chi connectivity index (χ4v) is 1.19. The molecule has 0 unspecified atom stereocenters. The summed E-state index contributed by atoms with van der Waals surface area (Å²) in [5, 5.41) is 11.6. The van der Waals surface area contributed by atoms with Gasteiger partial charge in [-0.05, 0) is 25.0 Å². The van der Waals surface area contributed by atoms with Crippen molar-refractivity contribution in [3.63, 3.8) is 0 Å². The first kappa shape index (κ1) is 11.5. The second kappa shape index (κ2) is 5.98. The van der Waals surface area contributed by atoms with Crippen LogP contribution in [0.1, 0.15) is 23.2 Å². The van der Waals surface area contributed by atoms with Crippen molar-refractivity contribution in [3.8, 4) is 0 Å². The number of aliphatic hydroxyl groups is 1. The zero-order valence-electron chi connectivity index (χ0n) is 8.44. The van der Waals surface area contributed by atoms with Crippen LogP contribution in [0.15, 0.2) is 18.3 Å². The Hall–Kier alpha value is -1.62. The number of carbonyl (C=O) groups excluding carboxylic acids is 1. The van der Waals surface area contributed by atoms with Gasteiger partial charge in [0.2, 0.25) is 0 Å². The minimum absolute atomic E-state index is 0.173. The maximum atomic E-state index is 11.0. The van der Waals surface area contributed by atoms with Crippen molar-refractivity contribution in [1.29, 1.82) is 0 Å². The molecular formula is C10H15N3O2. The third-order valence-corrected chi connectivity index (χ3v) is 1.95. The molecule has 0 aromatic carbocycles. The lowest BCUT2D eigenvalue weighted by molar-refractivity contribution is 0.100. The average Bonchev–Trinajstić information content (AvgIpc) is 2.25. The third kappa shape index (κ3) is 3.55. The number of hydrogen-bond acceptors (Lipinski definition) is 4. The van der Waals surface area contributed by atoms with E-state index in [0.717, 1.165) is 12.8 Å². The molecule has 0 saturated carbocycles. The van der Waals surface area contributed by atoms with Gasteiger partial charge >= 0.3 is 0 Å². The number of aliphatic hydroxyl groups excluding tert-OH is 1. The summed E-state index contributed by atoms with van der Waals surface area (Å²) in [5.41, 5.74) is 5.58. The second-order valence-electron chi connectivity index (χ2n) is 3.12. The zero-order chi connectivity index (χ0) is 11.1. The number of anilines is 1. The Morgan fingerprint density at radius 1 is 1.53 bits per heavy atom. The molecule has 5 nitrogen and oxygen atoms in total. The number of primary amides is 1. The summed E-state index contributed by atoms with van der Waals surface area (Å²) in [6.07, 6.45) is 3.15. The molecule has 1 amide bonds. The molecule has 1 heterocycles. The van der Waals surface area contributed by atoms with E-state index in [4.69, 9.17) is 10.8 Å². The molecule has 0 atom stereocenters. The van der Waals surface area contributed by atoms with Gasteiger partial charge in [-0.2, -0.15) is 0 Å². The van der Waals surface area contributed by atoms with Gasteiger partial charge in [-0.15, -0.1) is 0 Å². The monoisotopic (exact) mass is 209 g/mol. The number of nitrogens with two attached hydrogens (primary N) is 1. The molecule has 0 spiro atoms. The van der Waals surface area contributed by atoms with Crippen LogP contribution in [0.3, 0.4) is 0 Å². The van der Waals surface area contributed by atoms with E-state index in [2.05, 4.69) is 10.3 Å². The lowest BCUT2D eigenvalue weighted by Crippen LogP contribution is -2.15. The summed E-state index contributed by atoms with van der Waals surface area (Å²) in [6.45, 7) is 0.838. The maximum absolute atomic E-state index is 11.0. The second-order valence-corrected chi connectivity index (χ2v) is 3.12. The first-order valence-electron chi connectivity index (χ1n) is 4.85. The van der Waals surface area contributed by atoms with Crippen LogP contribution in [0, 0.1) is 0 Å². The van der Waals surface area contributed by atoms with E-state index < -0.39 is 5.91 Å². The van der Waals surface area contributed by atoms with E-state index in [0.29, 0.717) is 17.9 Å². The van der Waals surface area contributed by atoms with E-state index in [1.807, 2.05) is 0 Å². The van der Waals surface area contributed by atoms with Crippen LogP contribution in [0.5, 0.6) is 0 Å². The molecule has 0 saturated heterocycles. The van der Waals surface area contributed by atoms with Crippen molar-refractivity contribution in [2.45, 2.75) is 12.8 Å². The number of hydrogen-bond donors (Lipinski definition) is 3. The number of unbranched alkanes of at least 4 members (excludes halogenated alkanes) is 1. The Kier molecular flexibility index (Phi) is 4.56. The summed E-state index contributed by atoms with van der Waals surface area (Å²) in [7, 11) is 0. The molecule has 1 aromatic heterocycles. The quantitative estimate of drug-likeness (QED) is 0.590. The van der Waals surface area contributed by atoms with Crippen LogP contribution in [0.4, 0.5) is 5.82 Å². The molecule has 0 aliphatic carbocycles. The fourth-order valence-electron chi connectivity index (χ4n) is 1.19.